The number of esters is 2. The van der Waals surface area contributed by atoms with E-state index >= 15 is 0 Å². The molecule has 4 aliphatic rings. The molecule has 4 aliphatic carbocycles. The molecule has 52 heavy (non-hydrogen) atoms. The van der Waals surface area contributed by atoms with Gasteiger partial charge in [-0.2, -0.15) is 0 Å². The van der Waals surface area contributed by atoms with Crippen molar-refractivity contribution < 1.29 is 27.5 Å². The van der Waals surface area contributed by atoms with E-state index in [-0.39, 0.29) is 64.7 Å². The van der Waals surface area contributed by atoms with E-state index in [0.29, 0.717) is 16.9 Å². The molecule has 12 heteroatoms. The van der Waals surface area contributed by atoms with E-state index in [1.807, 2.05) is 24.3 Å². The van der Waals surface area contributed by atoms with Crippen molar-refractivity contribution in [3.8, 4) is 0 Å². The number of nitrogens with one attached hydrogen (secondary N) is 3. The zero-order valence-electron chi connectivity index (χ0n) is 31.8. The second-order valence-corrected chi connectivity index (χ2v) is 19.2. The molecule has 0 amide bonds. The van der Waals surface area contributed by atoms with Crippen molar-refractivity contribution in [1.29, 1.82) is 0 Å². The van der Waals surface area contributed by atoms with Crippen LogP contribution in [0.25, 0.3) is 10.9 Å². The summed E-state index contributed by atoms with van der Waals surface area (Å²) in [5, 5.41) is 8.88. The summed E-state index contributed by atoms with van der Waals surface area (Å²) in [7, 11) is -3.33. The van der Waals surface area contributed by atoms with Gasteiger partial charge in [0.15, 0.2) is 0 Å². The van der Waals surface area contributed by atoms with E-state index in [9.17, 15) is 18.0 Å². The molecular formula is C40H59ClN4O6S. The van der Waals surface area contributed by atoms with Crippen molar-refractivity contribution in [2.45, 2.75) is 111 Å². The molecule has 0 unspecified atom stereocenters. The lowest BCUT2D eigenvalue weighted by molar-refractivity contribution is -0.220. The number of benzene rings is 1. The quantitative estimate of drug-likeness (QED) is 0.146. The van der Waals surface area contributed by atoms with Gasteiger partial charge in [-0.25, -0.2) is 13.1 Å². The fourth-order valence-electron chi connectivity index (χ4n) is 11.7. The Hall–Kier alpha value is -2.47. The zero-order chi connectivity index (χ0) is 37.4. The van der Waals surface area contributed by atoms with Gasteiger partial charge < -0.3 is 20.1 Å². The van der Waals surface area contributed by atoms with Gasteiger partial charge in [0.2, 0.25) is 10.0 Å². The smallest absolute Gasteiger partial charge is 0.302 e. The largest absolute Gasteiger partial charge is 0.462 e. The van der Waals surface area contributed by atoms with Crippen LogP contribution in [0.2, 0.25) is 5.02 Å². The third-order valence-electron chi connectivity index (χ3n) is 13.8. The minimum absolute atomic E-state index is 0.0564. The van der Waals surface area contributed by atoms with Crippen molar-refractivity contribution in [3.63, 3.8) is 0 Å². The lowest BCUT2D eigenvalue weighted by Crippen LogP contribution is -2.64. The predicted octanol–water partition coefficient (Wildman–Crippen LogP) is 6.97. The first kappa shape index (κ1) is 39.2. The first-order valence-electron chi connectivity index (χ1n) is 19.4. The molecule has 0 aliphatic heterocycles. The molecule has 11 atom stereocenters. The molecule has 1 aromatic carbocycles. The molecule has 10 nitrogen and oxygen atoms in total. The third kappa shape index (κ3) is 8.13. The summed E-state index contributed by atoms with van der Waals surface area (Å²) in [5.74, 6) is 1.19. The zero-order valence-corrected chi connectivity index (χ0v) is 33.3. The summed E-state index contributed by atoms with van der Waals surface area (Å²) in [6, 6.07) is 7.65. The Kier molecular flexibility index (Phi) is 11.9. The number of nitrogens with zero attached hydrogens (tertiary/aromatic N) is 1. The van der Waals surface area contributed by atoms with E-state index < -0.39 is 10.0 Å². The molecule has 3 N–H and O–H groups in total. The number of anilines is 1. The Morgan fingerprint density at radius 1 is 1.00 bits per heavy atom. The van der Waals surface area contributed by atoms with Crippen LogP contribution in [0.4, 0.5) is 5.69 Å². The van der Waals surface area contributed by atoms with Crippen molar-refractivity contribution >= 4 is 50.2 Å². The number of halogens is 1. The second kappa shape index (κ2) is 15.7. The Morgan fingerprint density at radius 2 is 1.77 bits per heavy atom. The molecule has 288 valence electrons. The van der Waals surface area contributed by atoms with Crippen molar-refractivity contribution in [2.75, 3.05) is 31.2 Å². The van der Waals surface area contributed by atoms with Gasteiger partial charge in [-0.05, 0) is 124 Å². The van der Waals surface area contributed by atoms with E-state index in [4.69, 9.17) is 21.1 Å². The molecule has 4 saturated carbocycles. The number of rotatable bonds is 13. The molecule has 0 saturated heterocycles. The Labute approximate surface area is 315 Å². The van der Waals surface area contributed by atoms with Crippen molar-refractivity contribution in [3.05, 3.63) is 35.5 Å². The predicted molar refractivity (Wildman–Crippen MR) is 205 cm³/mol. The first-order valence-corrected chi connectivity index (χ1v) is 21.7. The molecule has 1 heterocycles. The lowest BCUT2D eigenvalue weighted by Gasteiger charge is -2.64. The topological polar surface area (TPSA) is 136 Å². The Balaban J connectivity index is 1.11. The number of carbonyl (C=O) groups excluding carboxylic acids is 2. The Morgan fingerprint density at radius 3 is 2.50 bits per heavy atom. The number of pyridine rings is 1. The van der Waals surface area contributed by atoms with Crippen LogP contribution in [0.1, 0.15) is 92.4 Å². The molecule has 6 rings (SSSR count). The highest BCUT2D eigenvalue weighted by Crippen LogP contribution is 2.69. The van der Waals surface area contributed by atoms with Crippen LogP contribution in [-0.4, -0.2) is 69.5 Å². The molecular weight excluding hydrogens is 700 g/mol. The summed E-state index contributed by atoms with van der Waals surface area (Å²) in [6.07, 6.45) is 10.7. The average molecular weight is 759 g/mol. The van der Waals surface area contributed by atoms with Crippen molar-refractivity contribution in [2.24, 2.45) is 46.3 Å². The fraction of sp³-hybridized carbons (Fsp3) is 0.725. The fourth-order valence-corrected chi connectivity index (χ4v) is 12.6. The van der Waals surface area contributed by atoms with Gasteiger partial charge in [0.1, 0.15) is 12.2 Å². The summed E-state index contributed by atoms with van der Waals surface area (Å²) in [5.41, 5.74) is 1.65. The second-order valence-electron chi connectivity index (χ2n) is 16.9. The molecule has 1 aromatic heterocycles. The van der Waals surface area contributed by atoms with Crippen LogP contribution in [0, 0.1) is 46.3 Å². The number of fused-ring (bicyclic) bond motifs is 6. The lowest BCUT2D eigenvalue weighted by atomic mass is 9.43. The monoisotopic (exact) mass is 758 g/mol. The summed E-state index contributed by atoms with van der Waals surface area (Å²) in [4.78, 5) is 29.7. The van der Waals surface area contributed by atoms with Gasteiger partial charge in [0, 0.05) is 66.6 Å². The number of aromatic nitrogens is 1. The highest BCUT2D eigenvalue weighted by Gasteiger charge is 2.67. The standard InChI is InChI=1S/C40H59ClN4O6S/c1-24(8-7-16-42-18-19-44-34-14-17-43-35-22-28(41)9-10-30(34)35)31-11-12-32-38-33(23-37(40(31,32)5)51-26(3)47)39(4)15-13-29(45-52(6,48)49)20-27(39)21-36(38)50-25(2)46/h9-10,14,17,22,24,27,29,31-33,36-38,42,45H,7-8,11-13,15-16,18-21,23H2,1-6H3,(H,43,44)/t24-,27+,29-,31-,32+,33+,36-,37+,38+,39+,40-/m1/s1. The average Bonchev–Trinajstić information content (AvgIpc) is 3.42. The van der Waals surface area contributed by atoms with Gasteiger partial charge in [0.25, 0.3) is 0 Å². The molecule has 0 spiro atoms. The van der Waals surface area contributed by atoms with E-state index in [0.717, 1.165) is 94.0 Å². The minimum Gasteiger partial charge on any atom is -0.462 e. The maximum atomic E-state index is 12.7. The van der Waals surface area contributed by atoms with E-state index in [1.165, 1.54) is 20.1 Å². The SMILES string of the molecule is CC(=O)O[C@H]1C[C@H]2[C@@H]([C@H](OC(C)=O)C[C@@H]3C[C@H](NS(C)(=O)=O)CC[C@@]32C)[C@@H]2CC[C@H]([C@H](C)CCCNCCNc3ccnc4cc(Cl)ccc34)[C@@]12C. The molecule has 4 fully saturated rings. The van der Waals surface area contributed by atoms with Gasteiger partial charge in [-0.1, -0.05) is 32.4 Å². The third-order valence-corrected chi connectivity index (χ3v) is 14.8. The van der Waals surface area contributed by atoms with Crippen LogP contribution in [0.15, 0.2) is 30.5 Å². The van der Waals surface area contributed by atoms with Crippen LogP contribution in [0.3, 0.4) is 0 Å². The molecule has 0 radical (unpaired) electrons. The van der Waals surface area contributed by atoms with E-state index in [2.05, 4.69) is 41.1 Å². The summed E-state index contributed by atoms with van der Waals surface area (Å²) >= 11 is 6.15. The summed E-state index contributed by atoms with van der Waals surface area (Å²) in [6.45, 7) is 12.7. The van der Waals surface area contributed by atoms with Crippen LogP contribution < -0.4 is 15.4 Å². The number of hydrogen-bond donors (Lipinski definition) is 3. The molecule has 0 bridgehead atoms. The summed E-state index contributed by atoms with van der Waals surface area (Å²) < 4.78 is 39.7. The minimum atomic E-state index is -3.33. The number of hydrogen-bond acceptors (Lipinski definition) is 9. The highest BCUT2D eigenvalue weighted by atomic mass is 35.5. The number of ether oxygens (including phenoxy) is 2. The van der Waals surface area contributed by atoms with Gasteiger partial charge in [-0.15, -0.1) is 0 Å². The number of carbonyl (C=O) groups is 2. The number of sulfonamides is 1. The van der Waals surface area contributed by atoms with Crippen LogP contribution >= 0.6 is 11.6 Å². The maximum absolute atomic E-state index is 12.7. The highest BCUT2D eigenvalue weighted by molar-refractivity contribution is 7.88. The van der Waals surface area contributed by atoms with Crippen molar-refractivity contribution in [1.82, 2.24) is 15.0 Å². The van der Waals surface area contributed by atoms with Gasteiger partial charge in [0.05, 0.1) is 11.8 Å². The van der Waals surface area contributed by atoms with Crippen LogP contribution in [-0.2, 0) is 29.1 Å². The van der Waals surface area contributed by atoms with Crippen LogP contribution in [0.5, 0.6) is 0 Å². The maximum Gasteiger partial charge on any atom is 0.302 e. The first-order chi connectivity index (χ1) is 24.6. The van der Waals surface area contributed by atoms with E-state index in [1.54, 1.807) is 6.20 Å². The Bertz CT molecular complexity index is 1730. The molecule has 2 aromatic rings. The van der Waals surface area contributed by atoms with Gasteiger partial charge in [-0.3, -0.25) is 14.6 Å². The van der Waals surface area contributed by atoms with Gasteiger partial charge >= 0.3 is 11.9 Å². The normalized spacial score (nSPS) is 34.8.